The maximum Gasteiger partial charge on any atom is 0.317 e. The van der Waals surface area contributed by atoms with Gasteiger partial charge in [0.25, 0.3) is 0 Å². The average Bonchev–Trinajstić information content (AvgIpc) is 2.42. The summed E-state index contributed by atoms with van der Waals surface area (Å²) in [7, 11) is 1.53. The van der Waals surface area contributed by atoms with Gasteiger partial charge >= 0.3 is 12.0 Å². The predicted octanol–water partition coefficient (Wildman–Crippen LogP) is 1.23. The van der Waals surface area contributed by atoms with E-state index in [0.29, 0.717) is 17.4 Å². The zero-order valence-corrected chi connectivity index (χ0v) is 11.8. The Morgan fingerprint density at radius 3 is 2.85 bits per heavy atom. The number of hydrogen-bond donors (Lipinski definition) is 2. The van der Waals surface area contributed by atoms with Crippen LogP contribution in [0.2, 0.25) is 5.02 Å². The lowest BCUT2D eigenvalue weighted by atomic mass is 10.4. The van der Waals surface area contributed by atoms with E-state index < -0.39 is 5.97 Å². The molecule has 8 heteroatoms. The topological polar surface area (TPSA) is 91.8 Å². The second kappa shape index (κ2) is 8.21. The maximum absolute atomic E-state index is 11.5. The molecule has 1 rings (SSSR count). The highest BCUT2D eigenvalue weighted by Gasteiger charge is 2.09. The van der Waals surface area contributed by atoms with Crippen molar-refractivity contribution in [3.05, 3.63) is 23.4 Å². The Kier molecular flexibility index (Phi) is 6.58. The lowest BCUT2D eigenvalue weighted by Crippen LogP contribution is -2.40. The first-order chi connectivity index (χ1) is 9.49. The summed E-state index contributed by atoms with van der Waals surface area (Å²) in [5.41, 5.74) is 0. The molecule has 0 atom stereocenters. The first kappa shape index (κ1) is 16.0. The third-order valence-corrected chi connectivity index (χ3v) is 2.56. The fourth-order valence-electron chi connectivity index (χ4n) is 1.26. The molecule has 2 N–H and O–H groups in total. The SMILES string of the molecule is CN(CCC(=O)O)C(=O)NCCOc1ccc(Cl)cn1. The molecular weight excluding hydrogens is 286 g/mol. The molecule has 1 aromatic heterocycles. The summed E-state index contributed by atoms with van der Waals surface area (Å²) in [6, 6.07) is 2.93. The van der Waals surface area contributed by atoms with E-state index in [0.717, 1.165) is 0 Å². The third kappa shape index (κ3) is 6.24. The van der Waals surface area contributed by atoms with Gasteiger partial charge < -0.3 is 20.1 Å². The Morgan fingerprint density at radius 2 is 2.25 bits per heavy atom. The molecule has 0 radical (unpaired) electrons. The molecule has 0 aromatic carbocycles. The Morgan fingerprint density at radius 1 is 1.50 bits per heavy atom. The number of hydrogen-bond acceptors (Lipinski definition) is 4. The number of halogens is 1. The van der Waals surface area contributed by atoms with E-state index in [1.54, 1.807) is 12.1 Å². The van der Waals surface area contributed by atoms with Gasteiger partial charge in [0.15, 0.2) is 0 Å². The molecule has 0 saturated carbocycles. The number of ether oxygens (including phenoxy) is 1. The van der Waals surface area contributed by atoms with E-state index in [1.807, 2.05) is 0 Å². The first-order valence-corrected chi connectivity index (χ1v) is 6.32. The summed E-state index contributed by atoms with van der Waals surface area (Å²) in [5, 5.41) is 11.6. The summed E-state index contributed by atoms with van der Waals surface area (Å²) >= 11 is 5.68. The molecule has 0 fully saturated rings. The number of nitrogens with one attached hydrogen (secondary N) is 1. The minimum atomic E-state index is -0.943. The molecule has 0 aliphatic rings. The number of carbonyl (C=O) groups is 2. The summed E-state index contributed by atoms with van der Waals surface area (Å²) in [5.74, 6) is -0.523. The summed E-state index contributed by atoms with van der Waals surface area (Å²) in [6.45, 7) is 0.703. The van der Waals surface area contributed by atoms with Crippen LogP contribution in [0.3, 0.4) is 0 Å². The van der Waals surface area contributed by atoms with Gasteiger partial charge in [0, 0.05) is 25.9 Å². The van der Waals surface area contributed by atoms with Gasteiger partial charge in [-0.15, -0.1) is 0 Å². The molecule has 0 aliphatic heterocycles. The lowest BCUT2D eigenvalue weighted by Gasteiger charge is -2.16. The van der Waals surface area contributed by atoms with Crippen LogP contribution in [0.1, 0.15) is 6.42 Å². The van der Waals surface area contributed by atoms with Gasteiger partial charge in [-0.05, 0) is 6.07 Å². The van der Waals surface area contributed by atoms with E-state index in [2.05, 4.69) is 10.3 Å². The second-order valence-corrected chi connectivity index (χ2v) is 4.40. The number of carbonyl (C=O) groups excluding carboxylic acids is 1. The van der Waals surface area contributed by atoms with Crippen molar-refractivity contribution in [3.63, 3.8) is 0 Å². The van der Waals surface area contributed by atoms with Crippen molar-refractivity contribution in [3.8, 4) is 5.88 Å². The normalized spacial score (nSPS) is 9.90. The molecule has 7 nitrogen and oxygen atoms in total. The van der Waals surface area contributed by atoms with Crippen LogP contribution < -0.4 is 10.1 Å². The molecule has 20 heavy (non-hydrogen) atoms. The second-order valence-electron chi connectivity index (χ2n) is 3.96. The molecule has 0 spiro atoms. The number of amides is 2. The van der Waals surface area contributed by atoms with Crippen molar-refractivity contribution in [2.75, 3.05) is 26.7 Å². The standard InChI is InChI=1S/C12H16ClN3O4/c1-16(6-4-11(17)18)12(19)14-5-7-20-10-3-2-9(13)8-15-10/h2-3,8H,4-7H2,1H3,(H,14,19)(H,17,18). The van der Waals surface area contributed by atoms with Crippen LogP contribution in [0.5, 0.6) is 5.88 Å². The first-order valence-electron chi connectivity index (χ1n) is 5.94. The molecule has 1 aromatic rings. The third-order valence-electron chi connectivity index (χ3n) is 2.34. The van der Waals surface area contributed by atoms with E-state index in [9.17, 15) is 9.59 Å². The van der Waals surface area contributed by atoms with Gasteiger partial charge in [0.1, 0.15) is 6.61 Å². The van der Waals surface area contributed by atoms with Gasteiger partial charge in [-0.25, -0.2) is 9.78 Å². The highest BCUT2D eigenvalue weighted by molar-refractivity contribution is 6.30. The molecule has 2 amide bonds. The number of aliphatic carboxylic acids is 1. The molecule has 0 aliphatic carbocycles. The van der Waals surface area contributed by atoms with Crippen molar-refractivity contribution in [1.29, 1.82) is 0 Å². The van der Waals surface area contributed by atoms with Crippen LogP contribution in [0, 0.1) is 0 Å². The van der Waals surface area contributed by atoms with Gasteiger partial charge in [0.2, 0.25) is 5.88 Å². The van der Waals surface area contributed by atoms with E-state index in [4.69, 9.17) is 21.4 Å². The highest BCUT2D eigenvalue weighted by Crippen LogP contribution is 2.10. The van der Waals surface area contributed by atoms with Gasteiger partial charge in [-0.1, -0.05) is 11.6 Å². The Hall–Kier alpha value is -2.02. The molecule has 110 valence electrons. The van der Waals surface area contributed by atoms with Crippen LogP contribution in [0.25, 0.3) is 0 Å². The zero-order valence-electron chi connectivity index (χ0n) is 11.0. The van der Waals surface area contributed by atoms with Crippen LogP contribution in [-0.2, 0) is 4.79 Å². The molecule has 0 saturated heterocycles. The van der Waals surface area contributed by atoms with Crippen molar-refractivity contribution in [2.24, 2.45) is 0 Å². The largest absolute Gasteiger partial charge is 0.481 e. The quantitative estimate of drug-likeness (QED) is 0.739. The van der Waals surface area contributed by atoms with Crippen molar-refractivity contribution in [2.45, 2.75) is 6.42 Å². The zero-order chi connectivity index (χ0) is 15.0. The molecule has 0 bridgehead atoms. The number of carboxylic acids is 1. The van der Waals surface area contributed by atoms with Crippen molar-refractivity contribution in [1.82, 2.24) is 15.2 Å². The van der Waals surface area contributed by atoms with E-state index in [1.165, 1.54) is 18.1 Å². The minimum Gasteiger partial charge on any atom is -0.481 e. The summed E-state index contributed by atoms with van der Waals surface area (Å²) in [6.07, 6.45) is 1.38. The summed E-state index contributed by atoms with van der Waals surface area (Å²) < 4.78 is 5.29. The molecule has 1 heterocycles. The van der Waals surface area contributed by atoms with Crippen molar-refractivity contribution >= 4 is 23.6 Å². The molecular formula is C12H16ClN3O4. The van der Waals surface area contributed by atoms with Crippen LogP contribution in [-0.4, -0.2) is 53.7 Å². The number of nitrogens with zero attached hydrogens (tertiary/aromatic N) is 2. The smallest absolute Gasteiger partial charge is 0.317 e. The Bertz CT molecular complexity index is 453. The summed E-state index contributed by atoms with van der Waals surface area (Å²) in [4.78, 5) is 27.2. The lowest BCUT2D eigenvalue weighted by molar-refractivity contribution is -0.137. The number of rotatable bonds is 7. The highest BCUT2D eigenvalue weighted by atomic mass is 35.5. The Balaban J connectivity index is 2.18. The number of carboxylic acid groups (broad SMARTS) is 1. The van der Waals surface area contributed by atoms with Crippen LogP contribution in [0.15, 0.2) is 18.3 Å². The van der Waals surface area contributed by atoms with Gasteiger partial charge in [-0.2, -0.15) is 0 Å². The van der Waals surface area contributed by atoms with Gasteiger partial charge in [0.05, 0.1) is 18.0 Å². The number of pyridine rings is 1. The fourth-order valence-corrected chi connectivity index (χ4v) is 1.37. The van der Waals surface area contributed by atoms with E-state index >= 15 is 0 Å². The average molecular weight is 302 g/mol. The van der Waals surface area contributed by atoms with Gasteiger partial charge in [-0.3, -0.25) is 4.79 Å². The van der Waals surface area contributed by atoms with Crippen molar-refractivity contribution < 1.29 is 19.4 Å². The fraction of sp³-hybridized carbons (Fsp3) is 0.417. The van der Waals surface area contributed by atoms with Crippen LogP contribution >= 0.6 is 11.6 Å². The van der Waals surface area contributed by atoms with E-state index in [-0.39, 0.29) is 25.6 Å². The Labute approximate surface area is 121 Å². The monoisotopic (exact) mass is 301 g/mol. The number of urea groups is 1. The number of aromatic nitrogens is 1. The predicted molar refractivity (Wildman–Crippen MR) is 73.0 cm³/mol. The minimum absolute atomic E-state index is 0.0882. The molecule has 0 unspecified atom stereocenters. The maximum atomic E-state index is 11.5. The van der Waals surface area contributed by atoms with Crippen LogP contribution in [0.4, 0.5) is 4.79 Å².